The zero-order chi connectivity index (χ0) is 15.5. The summed E-state index contributed by atoms with van der Waals surface area (Å²) in [5.74, 6) is 0.412. The fraction of sp³-hybridized carbons (Fsp3) is 0.786. The molecule has 1 fully saturated rings. The molecule has 2 rings (SSSR count). The number of piperidine rings is 1. The van der Waals surface area contributed by atoms with Crippen molar-refractivity contribution in [1.82, 2.24) is 19.8 Å². The van der Waals surface area contributed by atoms with Gasteiger partial charge in [0.25, 0.3) is 10.0 Å². The van der Waals surface area contributed by atoms with Crippen molar-refractivity contribution >= 4 is 10.0 Å². The van der Waals surface area contributed by atoms with Gasteiger partial charge in [-0.05, 0) is 38.6 Å². The fourth-order valence-corrected chi connectivity index (χ4v) is 4.49. The molecule has 0 aromatic carbocycles. The van der Waals surface area contributed by atoms with Crippen molar-refractivity contribution in [3.63, 3.8) is 0 Å². The third-order valence-corrected chi connectivity index (χ3v) is 5.81. The summed E-state index contributed by atoms with van der Waals surface area (Å²) in [7, 11) is -3.49. The normalized spacial score (nSPS) is 20.8. The molecule has 120 valence electrons. The number of aryl methyl sites for hydroxylation is 1. The van der Waals surface area contributed by atoms with Crippen LogP contribution in [0.1, 0.15) is 44.4 Å². The molecule has 2 N–H and O–H groups in total. The van der Waals surface area contributed by atoms with Gasteiger partial charge in [0.2, 0.25) is 0 Å². The number of aromatic nitrogens is 2. The molecule has 0 bridgehead atoms. The van der Waals surface area contributed by atoms with E-state index >= 15 is 0 Å². The first-order chi connectivity index (χ1) is 9.96. The summed E-state index contributed by atoms with van der Waals surface area (Å²) in [6, 6.07) is 0. The Labute approximate surface area is 127 Å². The van der Waals surface area contributed by atoms with Crippen molar-refractivity contribution in [1.29, 1.82) is 0 Å². The lowest BCUT2D eigenvalue weighted by Gasteiger charge is -2.29. The predicted molar refractivity (Wildman–Crippen MR) is 82.5 cm³/mol. The first-order valence-corrected chi connectivity index (χ1v) is 9.15. The van der Waals surface area contributed by atoms with Crippen LogP contribution in [0.3, 0.4) is 0 Å². The van der Waals surface area contributed by atoms with Gasteiger partial charge in [-0.2, -0.15) is 9.40 Å². The first kappa shape index (κ1) is 16.5. The third-order valence-electron chi connectivity index (χ3n) is 3.97. The Kier molecular flexibility index (Phi) is 5.40. The van der Waals surface area contributed by atoms with Gasteiger partial charge in [0.1, 0.15) is 0 Å². The molecular formula is C14H26N4O2S. The molecule has 0 saturated carbocycles. The molecule has 1 aromatic rings. The van der Waals surface area contributed by atoms with Gasteiger partial charge in [0.05, 0.1) is 0 Å². The molecule has 21 heavy (non-hydrogen) atoms. The number of hydrogen-bond donors (Lipinski definition) is 2. The molecule has 1 atom stereocenters. The van der Waals surface area contributed by atoms with Gasteiger partial charge in [0, 0.05) is 30.9 Å². The third kappa shape index (κ3) is 3.64. The van der Waals surface area contributed by atoms with Crippen molar-refractivity contribution in [3.8, 4) is 0 Å². The van der Waals surface area contributed by atoms with Gasteiger partial charge in [-0.1, -0.05) is 13.8 Å². The summed E-state index contributed by atoms with van der Waals surface area (Å²) in [6.07, 6.45) is 3.03. The lowest BCUT2D eigenvalue weighted by molar-refractivity contribution is 0.280. The lowest BCUT2D eigenvalue weighted by Crippen LogP contribution is -2.39. The summed E-state index contributed by atoms with van der Waals surface area (Å²) in [5.41, 5.74) is 1.59. The highest BCUT2D eigenvalue weighted by Gasteiger charge is 2.32. The number of nitrogens with one attached hydrogen (secondary N) is 2. The van der Waals surface area contributed by atoms with Gasteiger partial charge >= 0.3 is 0 Å². The molecular weight excluding hydrogens is 288 g/mol. The lowest BCUT2D eigenvalue weighted by atomic mass is 10.0. The molecule has 0 amide bonds. The van der Waals surface area contributed by atoms with Crippen LogP contribution >= 0.6 is 0 Å². The van der Waals surface area contributed by atoms with E-state index in [-0.39, 0.29) is 5.03 Å². The standard InChI is InChI=1S/C14H26N4O2S/c1-4-7-15-9-13-12(3)16-17-14(13)21(19,20)18-8-5-6-11(2)10-18/h11,15H,4-10H2,1-3H3,(H,16,17). The van der Waals surface area contributed by atoms with Gasteiger partial charge in [0.15, 0.2) is 5.03 Å². The Morgan fingerprint density at radius 2 is 2.24 bits per heavy atom. The summed E-state index contributed by atoms with van der Waals surface area (Å²) in [5, 5.41) is 10.3. The number of aromatic amines is 1. The van der Waals surface area contributed by atoms with E-state index in [0.29, 0.717) is 25.6 Å². The summed E-state index contributed by atoms with van der Waals surface area (Å²) >= 11 is 0. The SMILES string of the molecule is CCCNCc1c(S(=O)(=O)N2CCCC(C)C2)n[nH]c1C. The van der Waals surface area contributed by atoms with E-state index in [1.165, 1.54) is 0 Å². The van der Waals surface area contributed by atoms with E-state index in [2.05, 4.69) is 29.4 Å². The number of hydrogen-bond acceptors (Lipinski definition) is 4. The van der Waals surface area contributed by atoms with E-state index < -0.39 is 10.0 Å². The van der Waals surface area contributed by atoms with Gasteiger partial charge in [-0.15, -0.1) is 0 Å². The fourth-order valence-electron chi connectivity index (χ4n) is 2.73. The average molecular weight is 314 g/mol. The van der Waals surface area contributed by atoms with Crippen LogP contribution in [-0.4, -0.2) is 42.6 Å². The zero-order valence-corrected chi connectivity index (χ0v) is 14.0. The number of rotatable bonds is 6. The number of nitrogens with zero attached hydrogens (tertiary/aromatic N) is 2. The Morgan fingerprint density at radius 3 is 2.90 bits per heavy atom. The molecule has 1 aliphatic rings. The van der Waals surface area contributed by atoms with Crippen molar-refractivity contribution in [2.45, 2.75) is 51.6 Å². The van der Waals surface area contributed by atoms with Crippen LogP contribution in [0.25, 0.3) is 0 Å². The Morgan fingerprint density at radius 1 is 1.48 bits per heavy atom. The van der Waals surface area contributed by atoms with Gasteiger partial charge in [-0.25, -0.2) is 8.42 Å². The molecule has 0 aliphatic carbocycles. The highest BCUT2D eigenvalue weighted by atomic mass is 32.2. The van der Waals surface area contributed by atoms with E-state index in [1.54, 1.807) is 4.31 Å². The highest BCUT2D eigenvalue weighted by Crippen LogP contribution is 2.25. The van der Waals surface area contributed by atoms with Crippen LogP contribution in [0.4, 0.5) is 0 Å². The maximum Gasteiger partial charge on any atom is 0.262 e. The zero-order valence-electron chi connectivity index (χ0n) is 13.1. The van der Waals surface area contributed by atoms with Crippen molar-refractivity contribution in [3.05, 3.63) is 11.3 Å². The minimum absolute atomic E-state index is 0.192. The molecule has 2 heterocycles. The molecule has 1 unspecified atom stereocenters. The van der Waals surface area contributed by atoms with Crippen LogP contribution < -0.4 is 5.32 Å². The Bertz CT molecular complexity index is 568. The topological polar surface area (TPSA) is 78.1 Å². The Balaban J connectivity index is 2.23. The second-order valence-electron chi connectivity index (χ2n) is 5.92. The maximum atomic E-state index is 12.8. The van der Waals surface area contributed by atoms with Crippen LogP contribution in [0.2, 0.25) is 0 Å². The van der Waals surface area contributed by atoms with E-state index in [4.69, 9.17) is 0 Å². The van der Waals surface area contributed by atoms with Crippen LogP contribution in [0.15, 0.2) is 5.03 Å². The second-order valence-corrected chi connectivity index (χ2v) is 7.77. The highest BCUT2D eigenvalue weighted by molar-refractivity contribution is 7.89. The molecule has 7 heteroatoms. The van der Waals surface area contributed by atoms with Crippen LogP contribution in [0.5, 0.6) is 0 Å². The molecule has 1 saturated heterocycles. The van der Waals surface area contributed by atoms with E-state index in [0.717, 1.165) is 37.1 Å². The Hall–Kier alpha value is -0.920. The molecule has 0 spiro atoms. The van der Waals surface area contributed by atoms with Crippen molar-refractivity contribution < 1.29 is 8.42 Å². The molecule has 1 aliphatic heterocycles. The minimum atomic E-state index is -3.49. The van der Waals surface area contributed by atoms with Gasteiger partial charge in [-0.3, -0.25) is 5.10 Å². The van der Waals surface area contributed by atoms with E-state index in [9.17, 15) is 8.42 Å². The quantitative estimate of drug-likeness (QED) is 0.783. The average Bonchev–Trinajstić information content (AvgIpc) is 2.81. The molecule has 0 radical (unpaired) electrons. The van der Waals surface area contributed by atoms with Crippen LogP contribution in [0, 0.1) is 12.8 Å². The summed E-state index contributed by atoms with van der Waals surface area (Å²) in [4.78, 5) is 0. The smallest absolute Gasteiger partial charge is 0.262 e. The van der Waals surface area contributed by atoms with E-state index in [1.807, 2.05) is 6.92 Å². The molecule has 1 aromatic heterocycles. The van der Waals surface area contributed by atoms with Gasteiger partial charge < -0.3 is 5.32 Å². The monoisotopic (exact) mass is 314 g/mol. The summed E-state index contributed by atoms with van der Waals surface area (Å²) < 4.78 is 27.2. The number of H-pyrrole nitrogens is 1. The van der Waals surface area contributed by atoms with Crippen molar-refractivity contribution in [2.24, 2.45) is 5.92 Å². The second kappa shape index (κ2) is 6.89. The van der Waals surface area contributed by atoms with Crippen LogP contribution in [-0.2, 0) is 16.6 Å². The number of sulfonamides is 1. The maximum absolute atomic E-state index is 12.8. The predicted octanol–water partition coefficient (Wildman–Crippen LogP) is 1.64. The summed E-state index contributed by atoms with van der Waals surface area (Å²) in [6.45, 7) is 8.65. The molecule has 6 nitrogen and oxygen atoms in total. The first-order valence-electron chi connectivity index (χ1n) is 7.71. The largest absolute Gasteiger partial charge is 0.313 e. The minimum Gasteiger partial charge on any atom is -0.313 e. The van der Waals surface area contributed by atoms with Crippen molar-refractivity contribution in [2.75, 3.05) is 19.6 Å².